The molecule has 1 fully saturated rings. The van der Waals surface area contributed by atoms with Crippen molar-refractivity contribution >= 4 is 27.7 Å². The van der Waals surface area contributed by atoms with E-state index in [1.807, 2.05) is 56.0 Å². The molecule has 1 unspecified atom stereocenters. The van der Waals surface area contributed by atoms with Crippen molar-refractivity contribution in [3.8, 4) is 0 Å². The Kier molecular flexibility index (Phi) is 5.56. The van der Waals surface area contributed by atoms with Gasteiger partial charge in [0.25, 0.3) is 0 Å². The lowest BCUT2D eigenvalue weighted by molar-refractivity contribution is 0.0214. The quantitative estimate of drug-likeness (QED) is 0.670. The third-order valence-electron chi connectivity index (χ3n) is 4.36. The number of amides is 1. The van der Waals surface area contributed by atoms with Gasteiger partial charge in [-0.25, -0.2) is 4.79 Å². The van der Waals surface area contributed by atoms with E-state index in [0.29, 0.717) is 13.1 Å². The Hall–Kier alpha value is -2.01. The molecule has 138 valence electrons. The Bertz CT molecular complexity index is 758. The molecule has 1 amide bonds. The van der Waals surface area contributed by atoms with Gasteiger partial charge >= 0.3 is 6.09 Å². The summed E-state index contributed by atoms with van der Waals surface area (Å²) in [4.78, 5) is 16.7. The molecule has 1 aliphatic rings. The number of nitrogens with zero attached hydrogens (tertiary/aromatic N) is 2. The fourth-order valence-electron chi connectivity index (χ4n) is 3.20. The Morgan fingerprint density at radius 3 is 2.46 bits per heavy atom. The van der Waals surface area contributed by atoms with Crippen molar-refractivity contribution in [2.45, 2.75) is 32.4 Å². The van der Waals surface area contributed by atoms with Crippen molar-refractivity contribution in [3.63, 3.8) is 0 Å². The maximum atomic E-state index is 12.6. The predicted molar refractivity (Wildman–Crippen MR) is 108 cm³/mol. The molecule has 2 aromatic carbocycles. The molecular weight excluding hydrogens is 392 g/mol. The summed E-state index contributed by atoms with van der Waals surface area (Å²) in [6, 6.07) is 18.7. The van der Waals surface area contributed by atoms with Crippen LogP contribution in [0, 0.1) is 0 Å². The number of anilines is 1. The van der Waals surface area contributed by atoms with E-state index in [9.17, 15) is 4.79 Å². The molecule has 1 heterocycles. The van der Waals surface area contributed by atoms with Gasteiger partial charge in [0.15, 0.2) is 0 Å². The van der Waals surface area contributed by atoms with E-state index in [2.05, 4.69) is 45.1 Å². The summed E-state index contributed by atoms with van der Waals surface area (Å²) < 4.78 is 6.63. The molecule has 0 spiro atoms. The fraction of sp³-hybridized carbons (Fsp3) is 0.381. The lowest BCUT2D eigenvalue weighted by Crippen LogP contribution is -2.51. The van der Waals surface area contributed by atoms with Crippen LogP contribution in [0.5, 0.6) is 0 Å². The van der Waals surface area contributed by atoms with Crippen LogP contribution in [0.25, 0.3) is 0 Å². The molecule has 0 N–H and O–H groups in total. The van der Waals surface area contributed by atoms with Crippen molar-refractivity contribution in [3.05, 3.63) is 64.6 Å². The van der Waals surface area contributed by atoms with Gasteiger partial charge in [-0.15, -0.1) is 0 Å². The van der Waals surface area contributed by atoms with Gasteiger partial charge in [0.2, 0.25) is 0 Å². The Labute approximate surface area is 163 Å². The molecular formula is C21H25BrN2O2. The summed E-state index contributed by atoms with van der Waals surface area (Å²) in [5, 5.41) is 0. The number of hydrogen-bond acceptors (Lipinski definition) is 3. The van der Waals surface area contributed by atoms with Gasteiger partial charge in [0.05, 0.1) is 6.04 Å². The van der Waals surface area contributed by atoms with Gasteiger partial charge in [-0.05, 0) is 44.5 Å². The van der Waals surface area contributed by atoms with Crippen molar-refractivity contribution in [2.24, 2.45) is 0 Å². The second-order valence-corrected chi connectivity index (χ2v) is 8.44. The molecule has 3 rings (SSSR count). The molecule has 1 atom stereocenters. The fourth-order valence-corrected chi connectivity index (χ4v) is 3.59. The standard InChI is InChI=1S/C21H25BrN2O2/c1-21(2,3)26-20(25)23-12-13-24(18-11-7-10-17(22)14-18)19(15-23)16-8-5-4-6-9-16/h4-11,14,19H,12-13,15H2,1-3H3. The molecule has 0 bridgehead atoms. The summed E-state index contributed by atoms with van der Waals surface area (Å²) in [6.45, 7) is 7.71. The first-order valence-corrected chi connectivity index (χ1v) is 9.68. The first-order valence-electron chi connectivity index (χ1n) is 8.88. The molecule has 1 aliphatic heterocycles. The Balaban J connectivity index is 1.87. The molecule has 0 aliphatic carbocycles. The average molecular weight is 417 g/mol. The number of benzene rings is 2. The molecule has 26 heavy (non-hydrogen) atoms. The van der Waals surface area contributed by atoms with E-state index >= 15 is 0 Å². The van der Waals surface area contributed by atoms with Crippen molar-refractivity contribution in [1.82, 2.24) is 4.90 Å². The van der Waals surface area contributed by atoms with E-state index in [1.54, 1.807) is 0 Å². The van der Waals surface area contributed by atoms with Gasteiger partial charge in [0.1, 0.15) is 5.60 Å². The summed E-state index contributed by atoms with van der Waals surface area (Å²) in [5.74, 6) is 0. The van der Waals surface area contributed by atoms with Crippen molar-refractivity contribution in [1.29, 1.82) is 0 Å². The van der Waals surface area contributed by atoms with E-state index in [-0.39, 0.29) is 12.1 Å². The van der Waals surface area contributed by atoms with Crippen LogP contribution in [-0.4, -0.2) is 36.2 Å². The summed E-state index contributed by atoms with van der Waals surface area (Å²) >= 11 is 3.56. The van der Waals surface area contributed by atoms with Gasteiger partial charge in [0, 0.05) is 29.8 Å². The van der Waals surface area contributed by atoms with E-state index in [0.717, 1.165) is 16.7 Å². The van der Waals surface area contributed by atoms with Crippen molar-refractivity contribution < 1.29 is 9.53 Å². The number of rotatable bonds is 2. The first-order chi connectivity index (χ1) is 12.3. The summed E-state index contributed by atoms with van der Waals surface area (Å²) in [5.41, 5.74) is 1.86. The SMILES string of the molecule is CC(C)(C)OC(=O)N1CCN(c2cccc(Br)c2)C(c2ccccc2)C1. The number of hydrogen-bond donors (Lipinski definition) is 0. The third-order valence-corrected chi connectivity index (χ3v) is 4.85. The minimum Gasteiger partial charge on any atom is -0.444 e. The molecule has 4 nitrogen and oxygen atoms in total. The number of carbonyl (C=O) groups excluding carboxylic acids is 1. The minimum atomic E-state index is -0.485. The van der Waals surface area contributed by atoms with Crippen LogP contribution in [0.2, 0.25) is 0 Å². The monoisotopic (exact) mass is 416 g/mol. The Morgan fingerprint density at radius 1 is 1.08 bits per heavy atom. The zero-order valence-corrected chi connectivity index (χ0v) is 17.1. The summed E-state index contributed by atoms with van der Waals surface area (Å²) in [7, 11) is 0. The number of carbonyl (C=O) groups is 1. The van der Waals surface area contributed by atoms with Crippen LogP contribution < -0.4 is 4.90 Å². The summed E-state index contributed by atoms with van der Waals surface area (Å²) in [6.07, 6.45) is -0.243. The average Bonchev–Trinajstić information content (AvgIpc) is 2.60. The highest BCUT2D eigenvalue weighted by Gasteiger charge is 2.33. The molecule has 0 aromatic heterocycles. The van der Waals surface area contributed by atoms with Crippen LogP contribution >= 0.6 is 15.9 Å². The molecule has 2 aromatic rings. The zero-order chi connectivity index (χ0) is 18.7. The number of piperazine rings is 1. The normalized spacial score (nSPS) is 17.9. The van der Waals surface area contributed by atoms with E-state index in [4.69, 9.17) is 4.74 Å². The predicted octanol–water partition coefficient (Wildman–Crippen LogP) is 5.25. The maximum Gasteiger partial charge on any atom is 0.410 e. The number of ether oxygens (including phenoxy) is 1. The Morgan fingerprint density at radius 2 is 1.81 bits per heavy atom. The number of halogens is 1. The third kappa shape index (κ3) is 4.58. The van der Waals surface area contributed by atoms with Gasteiger partial charge < -0.3 is 14.5 Å². The smallest absolute Gasteiger partial charge is 0.410 e. The zero-order valence-electron chi connectivity index (χ0n) is 15.5. The maximum absolute atomic E-state index is 12.6. The minimum absolute atomic E-state index is 0.0896. The second-order valence-electron chi connectivity index (χ2n) is 7.53. The van der Waals surface area contributed by atoms with Crippen LogP contribution in [0.3, 0.4) is 0 Å². The van der Waals surface area contributed by atoms with Crippen LogP contribution in [0.4, 0.5) is 10.5 Å². The molecule has 0 radical (unpaired) electrons. The molecule has 0 saturated carbocycles. The lowest BCUT2D eigenvalue weighted by atomic mass is 10.0. The highest BCUT2D eigenvalue weighted by molar-refractivity contribution is 9.10. The second kappa shape index (κ2) is 7.70. The van der Waals surface area contributed by atoms with Crippen LogP contribution in [0.15, 0.2) is 59.1 Å². The van der Waals surface area contributed by atoms with Gasteiger partial charge in [-0.3, -0.25) is 0 Å². The van der Waals surface area contributed by atoms with E-state index in [1.165, 1.54) is 5.56 Å². The largest absolute Gasteiger partial charge is 0.444 e. The highest BCUT2D eigenvalue weighted by Crippen LogP contribution is 2.32. The van der Waals surface area contributed by atoms with Crippen LogP contribution in [-0.2, 0) is 4.74 Å². The topological polar surface area (TPSA) is 32.8 Å². The van der Waals surface area contributed by atoms with Gasteiger partial charge in [-0.2, -0.15) is 0 Å². The molecule has 1 saturated heterocycles. The van der Waals surface area contributed by atoms with E-state index < -0.39 is 5.60 Å². The van der Waals surface area contributed by atoms with Crippen LogP contribution in [0.1, 0.15) is 32.4 Å². The van der Waals surface area contributed by atoms with Crippen molar-refractivity contribution in [2.75, 3.05) is 24.5 Å². The molecule has 5 heteroatoms. The van der Waals surface area contributed by atoms with Gasteiger partial charge in [-0.1, -0.05) is 52.3 Å². The highest BCUT2D eigenvalue weighted by atomic mass is 79.9. The first kappa shape index (κ1) is 18.8. The lowest BCUT2D eigenvalue weighted by Gasteiger charge is -2.43.